The molecule has 0 saturated carbocycles. The standard InChI is InChI=1S/C15H25NO12/c1-4(17)16-7-5(27-13(14(23)24)11(21)9(7)19)2-26-3-6-8(18)10(20)12(22)15(25)28-6/h5-13,15,18-22,25H,2-3H2,1H3,(H,16,17)(H,23,24). The van der Waals surface area contributed by atoms with Crippen LogP contribution in [0.25, 0.3) is 0 Å². The van der Waals surface area contributed by atoms with Crippen molar-refractivity contribution >= 4 is 11.9 Å². The topological polar surface area (TPSA) is 215 Å². The Morgan fingerprint density at radius 3 is 2.04 bits per heavy atom. The minimum Gasteiger partial charge on any atom is -0.479 e. The molecular formula is C15H25NO12. The molecule has 10 atom stereocenters. The first-order chi connectivity index (χ1) is 13.0. The highest BCUT2D eigenvalue weighted by Gasteiger charge is 2.48. The number of nitrogens with one attached hydrogen (secondary N) is 1. The van der Waals surface area contributed by atoms with E-state index in [-0.39, 0.29) is 6.61 Å². The molecule has 10 unspecified atom stereocenters. The molecule has 28 heavy (non-hydrogen) atoms. The van der Waals surface area contributed by atoms with E-state index >= 15 is 0 Å². The van der Waals surface area contributed by atoms with E-state index in [0.29, 0.717) is 0 Å². The maximum Gasteiger partial charge on any atom is 0.335 e. The number of hydrogen-bond donors (Lipinski definition) is 8. The van der Waals surface area contributed by atoms with Crippen molar-refractivity contribution in [3.8, 4) is 0 Å². The molecule has 13 nitrogen and oxygen atoms in total. The van der Waals surface area contributed by atoms with Crippen molar-refractivity contribution < 1.29 is 59.5 Å². The Kier molecular flexibility index (Phi) is 7.66. The molecule has 0 aromatic heterocycles. The van der Waals surface area contributed by atoms with Crippen LogP contribution >= 0.6 is 0 Å². The summed E-state index contributed by atoms with van der Waals surface area (Å²) < 4.78 is 15.5. The highest BCUT2D eigenvalue weighted by atomic mass is 16.6. The second-order valence-corrected chi connectivity index (χ2v) is 6.72. The minimum atomic E-state index is -1.79. The van der Waals surface area contributed by atoms with Crippen LogP contribution in [0.5, 0.6) is 0 Å². The number of amides is 1. The van der Waals surface area contributed by atoms with E-state index in [9.17, 15) is 40.2 Å². The smallest absolute Gasteiger partial charge is 0.335 e. The van der Waals surface area contributed by atoms with E-state index in [4.69, 9.17) is 19.3 Å². The van der Waals surface area contributed by atoms with Crippen LogP contribution in [0, 0.1) is 0 Å². The molecule has 2 rings (SSSR count). The fourth-order valence-electron chi connectivity index (χ4n) is 3.09. The Hall–Kier alpha value is -1.42. The molecule has 2 heterocycles. The zero-order chi connectivity index (χ0) is 21.2. The van der Waals surface area contributed by atoms with Crippen LogP contribution in [0.3, 0.4) is 0 Å². The van der Waals surface area contributed by atoms with E-state index in [1.807, 2.05) is 0 Å². The third-order valence-corrected chi connectivity index (χ3v) is 4.61. The van der Waals surface area contributed by atoms with Crippen LogP contribution in [0.15, 0.2) is 0 Å². The van der Waals surface area contributed by atoms with Gasteiger partial charge in [-0.15, -0.1) is 0 Å². The van der Waals surface area contributed by atoms with Gasteiger partial charge in [-0.25, -0.2) is 4.79 Å². The van der Waals surface area contributed by atoms with E-state index in [1.165, 1.54) is 0 Å². The van der Waals surface area contributed by atoms with E-state index < -0.39 is 79.6 Å². The van der Waals surface area contributed by atoms with Crippen LogP contribution in [0.1, 0.15) is 6.92 Å². The van der Waals surface area contributed by atoms with Gasteiger partial charge in [0.2, 0.25) is 5.91 Å². The Balaban J connectivity index is 2.00. The van der Waals surface area contributed by atoms with Gasteiger partial charge in [-0.3, -0.25) is 4.79 Å². The third kappa shape index (κ3) is 4.94. The monoisotopic (exact) mass is 411 g/mol. The number of carboxylic acids is 1. The fourth-order valence-corrected chi connectivity index (χ4v) is 3.09. The largest absolute Gasteiger partial charge is 0.479 e. The Morgan fingerprint density at radius 1 is 0.857 bits per heavy atom. The predicted molar refractivity (Wildman–Crippen MR) is 85.6 cm³/mol. The van der Waals surface area contributed by atoms with Crippen molar-refractivity contribution in [2.75, 3.05) is 13.2 Å². The number of aliphatic carboxylic acids is 1. The number of aliphatic hydroxyl groups is 6. The molecule has 0 bridgehead atoms. The summed E-state index contributed by atoms with van der Waals surface area (Å²) in [6, 6.07) is -1.18. The van der Waals surface area contributed by atoms with Gasteiger partial charge in [0.25, 0.3) is 0 Å². The average Bonchev–Trinajstić information content (AvgIpc) is 2.62. The molecule has 2 saturated heterocycles. The Bertz CT molecular complexity index is 561. The van der Waals surface area contributed by atoms with Crippen molar-refractivity contribution in [2.24, 2.45) is 0 Å². The lowest BCUT2D eigenvalue weighted by atomic mass is 9.92. The van der Waals surface area contributed by atoms with Gasteiger partial charge < -0.3 is 55.3 Å². The maximum atomic E-state index is 11.3. The summed E-state index contributed by atoms with van der Waals surface area (Å²) in [6.07, 6.45) is -14.3. The molecule has 2 aliphatic heterocycles. The number of hydrogen-bond acceptors (Lipinski definition) is 11. The normalized spacial score (nSPS) is 44.1. The van der Waals surface area contributed by atoms with Gasteiger partial charge in [-0.2, -0.15) is 0 Å². The molecule has 0 aromatic carbocycles. The molecule has 2 aliphatic rings. The van der Waals surface area contributed by atoms with Crippen molar-refractivity contribution in [3.63, 3.8) is 0 Å². The SMILES string of the molecule is CC(=O)NC1C(COCC2OC(O)C(O)C(O)C2O)OC(C(=O)O)C(O)C1O. The molecule has 0 spiro atoms. The lowest BCUT2D eigenvalue weighted by Crippen LogP contribution is -2.66. The summed E-state index contributed by atoms with van der Waals surface area (Å²) in [6.45, 7) is 0.367. The van der Waals surface area contributed by atoms with E-state index in [1.54, 1.807) is 0 Å². The summed E-state index contributed by atoms with van der Waals surface area (Å²) in [5, 5.41) is 69.9. The molecule has 0 aromatic rings. The van der Waals surface area contributed by atoms with Crippen molar-refractivity contribution in [3.05, 3.63) is 0 Å². The second kappa shape index (κ2) is 9.39. The molecule has 0 aliphatic carbocycles. The summed E-state index contributed by atoms with van der Waals surface area (Å²) in [7, 11) is 0. The molecule has 8 N–H and O–H groups in total. The van der Waals surface area contributed by atoms with Gasteiger partial charge in [-0.05, 0) is 0 Å². The molecule has 162 valence electrons. The maximum absolute atomic E-state index is 11.3. The first-order valence-electron chi connectivity index (χ1n) is 8.51. The highest BCUT2D eigenvalue weighted by Crippen LogP contribution is 2.23. The van der Waals surface area contributed by atoms with Crippen LogP contribution in [0.4, 0.5) is 0 Å². The van der Waals surface area contributed by atoms with Gasteiger partial charge >= 0.3 is 5.97 Å². The van der Waals surface area contributed by atoms with Crippen LogP contribution in [-0.2, 0) is 23.8 Å². The van der Waals surface area contributed by atoms with E-state index in [2.05, 4.69) is 5.32 Å². The van der Waals surface area contributed by atoms with Crippen molar-refractivity contribution in [1.82, 2.24) is 5.32 Å². The van der Waals surface area contributed by atoms with Gasteiger partial charge in [0.15, 0.2) is 12.4 Å². The van der Waals surface area contributed by atoms with Gasteiger partial charge in [-0.1, -0.05) is 0 Å². The van der Waals surface area contributed by atoms with Gasteiger partial charge in [0.05, 0.1) is 19.3 Å². The third-order valence-electron chi connectivity index (χ3n) is 4.61. The zero-order valence-electron chi connectivity index (χ0n) is 14.9. The molecule has 2 fully saturated rings. The summed E-state index contributed by atoms with van der Waals surface area (Å²) in [5.41, 5.74) is 0. The fraction of sp³-hybridized carbons (Fsp3) is 0.867. The number of carbonyl (C=O) groups excluding carboxylic acids is 1. The predicted octanol–water partition coefficient (Wildman–Crippen LogP) is -5.12. The number of rotatable bonds is 6. The Morgan fingerprint density at radius 2 is 1.46 bits per heavy atom. The first kappa shape index (κ1) is 22.9. The number of carbonyl (C=O) groups is 2. The molecule has 1 amide bonds. The minimum absolute atomic E-state index is 0.389. The highest BCUT2D eigenvalue weighted by molar-refractivity contribution is 5.75. The molecule has 0 radical (unpaired) electrons. The number of aliphatic hydroxyl groups excluding tert-OH is 6. The first-order valence-corrected chi connectivity index (χ1v) is 8.51. The summed E-state index contributed by atoms with van der Waals surface area (Å²) in [5.74, 6) is -2.09. The van der Waals surface area contributed by atoms with Crippen LogP contribution in [0.2, 0.25) is 0 Å². The van der Waals surface area contributed by atoms with Crippen LogP contribution < -0.4 is 5.32 Å². The summed E-state index contributed by atoms with van der Waals surface area (Å²) >= 11 is 0. The second-order valence-electron chi connectivity index (χ2n) is 6.72. The van der Waals surface area contributed by atoms with Crippen LogP contribution in [-0.4, -0.2) is 122 Å². The van der Waals surface area contributed by atoms with Gasteiger partial charge in [0.1, 0.15) is 42.7 Å². The average molecular weight is 411 g/mol. The number of carboxylic acid groups (broad SMARTS) is 1. The lowest BCUT2D eigenvalue weighted by Gasteiger charge is -2.42. The molecule has 13 heteroatoms. The zero-order valence-corrected chi connectivity index (χ0v) is 14.9. The lowest BCUT2D eigenvalue weighted by molar-refractivity contribution is -0.290. The van der Waals surface area contributed by atoms with Crippen molar-refractivity contribution in [2.45, 2.75) is 68.1 Å². The quantitative estimate of drug-likeness (QED) is 0.206. The van der Waals surface area contributed by atoms with E-state index in [0.717, 1.165) is 6.92 Å². The summed E-state index contributed by atoms with van der Waals surface area (Å²) in [4.78, 5) is 22.5. The Labute approximate surface area is 159 Å². The molecular weight excluding hydrogens is 386 g/mol. The number of ether oxygens (including phenoxy) is 3. The van der Waals surface area contributed by atoms with Crippen molar-refractivity contribution in [1.29, 1.82) is 0 Å². The van der Waals surface area contributed by atoms with Gasteiger partial charge in [0, 0.05) is 6.92 Å².